The number of thioether (sulfide) groups is 1. The zero-order chi connectivity index (χ0) is 15.2. The van der Waals surface area contributed by atoms with E-state index >= 15 is 0 Å². The van der Waals surface area contributed by atoms with E-state index in [1.54, 1.807) is 29.8 Å². The fourth-order valence-electron chi connectivity index (χ4n) is 1.76. The van der Waals surface area contributed by atoms with E-state index in [4.69, 9.17) is 0 Å². The van der Waals surface area contributed by atoms with Gasteiger partial charge in [-0.05, 0) is 41.4 Å². The number of thiophene rings is 1. The van der Waals surface area contributed by atoms with Crippen LogP contribution in [0.4, 0.5) is 0 Å². The van der Waals surface area contributed by atoms with Crippen molar-refractivity contribution in [3.63, 3.8) is 0 Å². The third-order valence-corrected chi connectivity index (χ3v) is 4.75. The van der Waals surface area contributed by atoms with E-state index in [1.165, 1.54) is 11.8 Å². The van der Waals surface area contributed by atoms with E-state index in [2.05, 4.69) is 16.8 Å². The van der Waals surface area contributed by atoms with Gasteiger partial charge in [-0.25, -0.2) is 0 Å². The van der Waals surface area contributed by atoms with Gasteiger partial charge in [0.2, 0.25) is 5.12 Å². The predicted octanol–water partition coefficient (Wildman–Crippen LogP) is 4.48. The third-order valence-electron chi connectivity index (χ3n) is 2.79. The molecule has 0 saturated heterocycles. The standard InChI is InChI=1S/C18H11NOS2/c20-18(22-17-7-4-10-21-17)16-11-15(12-19-13-16)9-8-14-5-2-1-3-6-14/h1-7,10-13H. The first-order valence-electron chi connectivity index (χ1n) is 6.59. The van der Waals surface area contributed by atoms with Crippen LogP contribution in [0.2, 0.25) is 0 Å². The Bertz CT molecular complexity index is 830. The lowest BCUT2D eigenvalue weighted by Gasteiger charge is -1.99. The molecule has 4 heteroatoms. The molecule has 0 aliphatic heterocycles. The van der Waals surface area contributed by atoms with Crippen LogP contribution in [0.5, 0.6) is 0 Å². The Morgan fingerprint density at radius 3 is 2.59 bits per heavy atom. The van der Waals surface area contributed by atoms with E-state index in [9.17, 15) is 4.79 Å². The van der Waals surface area contributed by atoms with Gasteiger partial charge in [0.1, 0.15) is 0 Å². The predicted molar refractivity (Wildman–Crippen MR) is 91.2 cm³/mol. The fourth-order valence-corrected chi connectivity index (χ4v) is 3.35. The maximum absolute atomic E-state index is 12.2. The van der Waals surface area contributed by atoms with Gasteiger partial charge in [0, 0.05) is 29.1 Å². The van der Waals surface area contributed by atoms with Crippen molar-refractivity contribution in [3.05, 3.63) is 83.0 Å². The summed E-state index contributed by atoms with van der Waals surface area (Å²) in [6.07, 6.45) is 3.25. The van der Waals surface area contributed by atoms with Gasteiger partial charge < -0.3 is 0 Å². The minimum Gasteiger partial charge on any atom is -0.281 e. The lowest BCUT2D eigenvalue weighted by Crippen LogP contribution is -1.94. The van der Waals surface area contributed by atoms with Crippen molar-refractivity contribution in [2.75, 3.05) is 0 Å². The summed E-state index contributed by atoms with van der Waals surface area (Å²) >= 11 is 2.77. The van der Waals surface area contributed by atoms with E-state index in [0.717, 1.165) is 15.3 Å². The van der Waals surface area contributed by atoms with Crippen LogP contribution < -0.4 is 0 Å². The molecule has 2 aromatic heterocycles. The summed E-state index contributed by atoms with van der Waals surface area (Å²) in [5, 5.41) is 1.94. The number of aromatic nitrogens is 1. The number of hydrogen-bond acceptors (Lipinski definition) is 4. The van der Waals surface area contributed by atoms with Crippen molar-refractivity contribution in [3.8, 4) is 11.8 Å². The molecule has 0 radical (unpaired) electrons. The smallest absolute Gasteiger partial charge is 0.226 e. The van der Waals surface area contributed by atoms with Crippen molar-refractivity contribution in [1.29, 1.82) is 0 Å². The molecular formula is C18H11NOS2. The summed E-state index contributed by atoms with van der Waals surface area (Å²) in [7, 11) is 0. The highest BCUT2D eigenvalue weighted by Gasteiger charge is 2.09. The topological polar surface area (TPSA) is 30.0 Å². The average molecular weight is 321 g/mol. The van der Waals surface area contributed by atoms with E-state index in [1.807, 2.05) is 47.8 Å². The highest BCUT2D eigenvalue weighted by molar-refractivity contribution is 8.15. The molecule has 3 rings (SSSR count). The summed E-state index contributed by atoms with van der Waals surface area (Å²) in [5.74, 6) is 6.11. The molecule has 3 aromatic rings. The van der Waals surface area contributed by atoms with Gasteiger partial charge in [0.05, 0.1) is 4.21 Å². The lowest BCUT2D eigenvalue weighted by molar-refractivity contribution is 0.108. The number of carbonyl (C=O) groups is 1. The average Bonchev–Trinajstić information content (AvgIpc) is 3.07. The van der Waals surface area contributed by atoms with Gasteiger partial charge >= 0.3 is 0 Å². The molecule has 0 amide bonds. The number of nitrogens with zero attached hydrogens (tertiary/aromatic N) is 1. The van der Waals surface area contributed by atoms with Crippen LogP contribution in [0, 0.1) is 11.8 Å². The van der Waals surface area contributed by atoms with Crippen LogP contribution in [0.1, 0.15) is 21.5 Å². The summed E-state index contributed by atoms with van der Waals surface area (Å²) in [6, 6.07) is 15.4. The Labute approximate surface area is 137 Å². The number of hydrogen-bond donors (Lipinski definition) is 0. The molecule has 2 nitrogen and oxygen atoms in total. The van der Waals surface area contributed by atoms with Gasteiger partial charge in [-0.1, -0.05) is 36.1 Å². The molecule has 0 bridgehead atoms. The Hall–Kier alpha value is -2.35. The largest absolute Gasteiger partial charge is 0.281 e. The Morgan fingerprint density at radius 1 is 1.00 bits per heavy atom. The first-order chi connectivity index (χ1) is 10.8. The number of pyridine rings is 1. The molecule has 0 unspecified atom stereocenters. The van der Waals surface area contributed by atoms with E-state index in [0.29, 0.717) is 5.56 Å². The maximum Gasteiger partial charge on any atom is 0.226 e. The fraction of sp³-hybridized carbons (Fsp3) is 0. The summed E-state index contributed by atoms with van der Waals surface area (Å²) in [4.78, 5) is 16.3. The van der Waals surface area contributed by atoms with Gasteiger partial charge in [-0.3, -0.25) is 9.78 Å². The van der Waals surface area contributed by atoms with Crippen molar-refractivity contribution in [1.82, 2.24) is 4.98 Å². The van der Waals surface area contributed by atoms with Crippen molar-refractivity contribution in [2.45, 2.75) is 4.21 Å². The Kier molecular flexibility index (Phi) is 4.69. The second kappa shape index (κ2) is 7.08. The van der Waals surface area contributed by atoms with E-state index < -0.39 is 0 Å². The highest BCUT2D eigenvalue weighted by atomic mass is 32.2. The minimum absolute atomic E-state index is 0.0155. The zero-order valence-corrected chi connectivity index (χ0v) is 13.2. The van der Waals surface area contributed by atoms with Crippen molar-refractivity contribution in [2.24, 2.45) is 0 Å². The molecule has 0 fully saturated rings. The molecule has 106 valence electrons. The van der Waals surface area contributed by atoms with E-state index in [-0.39, 0.29) is 5.12 Å². The second-order valence-electron chi connectivity index (χ2n) is 4.40. The molecule has 1 aromatic carbocycles. The Balaban J connectivity index is 1.78. The third kappa shape index (κ3) is 3.85. The van der Waals surface area contributed by atoms with Crippen LogP contribution in [-0.4, -0.2) is 10.1 Å². The normalized spacial score (nSPS) is 9.82. The molecule has 0 N–H and O–H groups in total. The first-order valence-corrected chi connectivity index (χ1v) is 8.29. The number of benzene rings is 1. The molecule has 0 aliphatic carbocycles. The van der Waals surface area contributed by atoms with Crippen LogP contribution in [-0.2, 0) is 0 Å². The van der Waals surface area contributed by atoms with Crippen LogP contribution in [0.15, 0.2) is 70.5 Å². The Morgan fingerprint density at radius 2 is 1.82 bits per heavy atom. The molecular weight excluding hydrogens is 310 g/mol. The number of carbonyl (C=O) groups excluding carboxylic acids is 1. The quantitative estimate of drug-likeness (QED) is 0.515. The first kappa shape index (κ1) is 14.6. The van der Waals surface area contributed by atoms with Crippen LogP contribution in [0.3, 0.4) is 0 Å². The van der Waals surface area contributed by atoms with Crippen LogP contribution in [0.25, 0.3) is 0 Å². The van der Waals surface area contributed by atoms with Crippen molar-refractivity contribution >= 4 is 28.2 Å². The van der Waals surface area contributed by atoms with Gasteiger partial charge in [0.25, 0.3) is 0 Å². The monoisotopic (exact) mass is 321 g/mol. The number of rotatable bonds is 2. The molecule has 0 aliphatic rings. The molecule has 0 atom stereocenters. The zero-order valence-electron chi connectivity index (χ0n) is 11.5. The van der Waals surface area contributed by atoms with Gasteiger partial charge in [-0.15, -0.1) is 11.3 Å². The van der Waals surface area contributed by atoms with Crippen molar-refractivity contribution < 1.29 is 4.79 Å². The summed E-state index contributed by atoms with van der Waals surface area (Å²) in [6.45, 7) is 0. The van der Waals surface area contributed by atoms with Gasteiger partial charge in [0.15, 0.2) is 0 Å². The van der Waals surface area contributed by atoms with Crippen LogP contribution >= 0.6 is 23.1 Å². The van der Waals surface area contributed by atoms with Gasteiger partial charge in [-0.2, -0.15) is 0 Å². The second-order valence-corrected chi connectivity index (χ2v) is 6.62. The molecule has 0 saturated carbocycles. The summed E-state index contributed by atoms with van der Waals surface area (Å²) < 4.78 is 0.978. The molecule has 0 spiro atoms. The highest BCUT2D eigenvalue weighted by Crippen LogP contribution is 2.26. The molecule has 22 heavy (non-hydrogen) atoms. The maximum atomic E-state index is 12.2. The lowest BCUT2D eigenvalue weighted by atomic mass is 10.2. The molecule has 2 heterocycles. The summed E-state index contributed by atoms with van der Waals surface area (Å²) in [5.41, 5.74) is 2.24. The SMILES string of the molecule is O=C(Sc1cccs1)c1cncc(C#Cc2ccccc2)c1. The minimum atomic E-state index is -0.0155.